The minimum Gasteiger partial charge on any atom is -0.368 e. The van der Waals surface area contributed by atoms with Gasteiger partial charge in [0.1, 0.15) is 0 Å². The zero-order valence-corrected chi connectivity index (χ0v) is 8.12. The Balaban J connectivity index is 2.41. The van der Waals surface area contributed by atoms with Crippen molar-refractivity contribution >= 4 is 5.95 Å². The van der Waals surface area contributed by atoms with Crippen LogP contribution in [0.3, 0.4) is 0 Å². The number of hydrogen-bond donors (Lipinski definition) is 2. The number of rotatable bonds is 4. The Morgan fingerprint density at radius 2 is 2.08 bits per heavy atom. The average Bonchev–Trinajstić information content (AvgIpc) is 2.16. The van der Waals surface area contributed by atoms with Gasteiger partial charge in [0, 0.05) is 30.5 Å². The van der Waals surface area contributed by atoms with Crippen molar-refractivity contribution in [1.29, 1.82) is 0 Å². The van der Waals surface area contributed by atoms with Crippen LogP contribution < -0.4 is 11.1 Å². The molecule has 1 heterocycles. The molecule has 0 unspecified atom stereocenters. The number of nitrogens with zero attached hydrogens (tertiary/aromatic N) is 2. The summed E-state index contributed by atoms with van der Waals surface area (Å²) in [6, 6.07) is 0.526. The van der Waals surface area contributed by atoms with Gasteiger partial charge in [-0.05, 0) is 13.3 Å². The number of nitrogens with one attached hydrogen (secondary N) is 1. The maximum atomic E-state index is 5.37. The second-order valence-corrected chi connectivity index (χ2v) is 3.14. The molecule has 72 valence electrons. The Hall–Kier alpha value is -1.16. The van der Waals surface area contributed by atoms with E-state index in [0.717, 1.165) is 18.5 Å². The monoisotopic (exact) mass is 180 g/mol. The summed E-state index contributed by atoms with van der Waals surface area (Å²) < 4.78 is 0. The highest BCUT2D eigenvalue weighted by atomic mass is 15.0. The first kappa shape index (κ1) is 9.92. The lowest BCUT2D eigenvalue weighted by atomic mass is 10.2. The van der Waals surface area contributed by atoms with E-state index in [-0.39, 0.29) is 0 Å². The fourth-order valence-electron chi connectivity index (χ4n) is 0.892. The fraction of sp³-hybridized carbons (Fsp3) is 0.556. The molecule has 3 N–H and O–H groups in total. The summed E-state index contributed by atoms with van der Waals surface area (Å²) in [7, 11) is 0. The molecular formula is C9H16N4. The van der Waals surface area contributed by atoms with Crippen LogP contribution in [-0.2, 0) is 6.54 Å². The SMILES string of the molecule is CC[C@@H](C)NCc1cnc(N)nc1. The summed E-state index contributed by atoms with van der Waals surface area (Å²) in [5.74, 6) is 0.326. The van der Waals surface area contributed by atoms with Gasteiger partial charge in [0.25, 0.3) is 0 Å². The van der Waals surface area contributed by atoms with Gasteiger partial charge >= 0.3 is 0 Å². The summed E-state index contributed by atoms with van der Waals surface area (Å²) in [6.45, 7) is 5.10. The molecule has 1 rings (SSSR count). The van der Waals surface area contributed by atoms with E-state index in [4.69, 9.17) is 5.73 Å². The van der Waals surface area contributed by atoms with Crippen molar-refractivity contribution in [2.75, 3.05) is 5.73 Å². The lowest BCUT2D eigenvalue weighted by Crippen LogP contribution is -2.24. The fourth-order valence-corrected chi connectivity index (χ4v) is 0.892. The molecule has 1 aromatic heterocycles. The predicted octanol–water partition coefficient (Wildman–Crippen LogP) is 0.947. The van der Waals surface area contributed by atoms with Crippen LogP contribution in [-0.4, -0.2) is 16.0 Å². The van der Waals surface area contributed by atoms with Gasteiger partial charge in [0.05, 0.1) is 0 Å². The van der Waals surface area contributed by atoms with Crippen LogP contribution in [0.5, 0.6) is 0 Å². The van der Waals surface area contributed by atoms with E-state index in [9.17, 15) is 0 Å². The third kappa shape index (κ3) is 3.38. The van der Waals surface area contributed by atoms with Crippen molar-refractivity contribution < 1.29 is 0 Å². The molecule has 4 heteroatoms. The number of aromatic nitrogens is 2. The minimum atomic E-state index is 0.326. The number of anilines is 1. The summed E-state index contributed by atoms with van der Waals surface area (Å²) in [5, 5.41) is 3.35. The molecule has 4 nitrogen and oxygen atoms in total. The molecule has 0 aliphatic heterocycles. The van der Waals surface area contributed by atoms with Crippen molar-refractivity contribution in [2.45, 2.75) is 32.9 Å². The Labute approximate surface area is 78.6 Å². The molecule has 1 aromatic rings. The molecule has 0 fully saturated rings. The lowest BCUT2D eigenvalue weighted by molar-refractivity contribution is 0.533. The Kier molecular flexibility index (Phi) is 3.64. The van der Waals surface area contributed by atoms with E-state index in [1.54, 1.807) is 12.4 Å². The number of hydrogen-bond acceptors (Lipinski definition) is 4. The van der Waals surface area contributed by atoms with E-state index in [2.05, 4.69) is 29.1 Å². The first-order valence-corrected chi connectivity index (χ1v) is 4.52. The quantitative estimate of drug-likeness (QED) is 0.724. The first-order valence-electron chi connectivity index (χ1n) is 4.52. The summed E-state index contributed by atoms with van der Waals surface area (Å²) in [4.78, 5) is 7.82. The standard InChI is InChI=1S/C9H16N4/c1-3-7(2)11-4-8-5-12-9(10)13-6-8/h5-7,11H,3-4H2,1-2H3,(H2,10,12,13)/t7-/m1/s1. The van der Waals surface area contributed by atoms with E-state index in [1.807, 2.05) is 0 Å². The van der Waals surface area contributed by atoms with Crippen molar-refractivity contribution in [2.24, 2.45) is 0 Å². The summed E-state index contributed by atoms with van der Waals surface area (Å²) in [6.07, 6.45) is 4.62. The molecule has 0 bridgehead atoms. The third-order valence-electron chi connectivity index (χ3n) is 1.99. The molecule has 0 aromatic carbocycles. The molecule has 0 aliphatic carbocycles. The zero-order valence-electron chi connectivity index (χ0n) is 8.12. The zero-order chi connectivity index (χ0) is 9.68. The van der Waals surface area contributed by atoms with Gasteiger partial charge in [-0.15, -0.1) is 0 Å². The van der Waals surface area contributed by atoms with Crippen molar-refractivity contribution in [3.8, 4) is 0 Å². The van der Waals surface area contributed by atoms with Gasteiger partial charge < -0.3 is 11.1 Å². The van der Waals surface area contributed by atoms with E-state index in [1.165, 1.54) is 0 Å². The van der Waals surface area contributed by atoms with Gasteiger partial charge in [-0.2, -0.15) is 0 Å². The van der Waals surface area contributed by atoms with Crippen molar-refractivity contribution in [1.82, 2.24) is 15.3 Å². The van der Waals surface area contributed by atoms with Gasteiger partial charge in [-0.1, -0.05) is 6.92 Å². The Morgan fingerprint density at radius 1 is 1.46 bits per heavy atom. The molecule has 0 saturated carbocycles. The summed E-state index contributed by atoms with van der Waals surface area (Å²) in [5.41, 5.74) is 6.43. The molecule has 0 spiro atoms. The summed E-state index contributed by atoms with van der Waals surface area (Å²) >= 11 is 0. The molecule has 0 amide bonds. The maximum absolute atomic E-state index is 5.37. The highest BCUT2D eigenvalue weighted by Gasteiger charge is 1.98. The second kappa shape index (κ2) is 4.77. The second-order valence-electron chi connectivity index (χ2n) is 3.14. The van der Waals surface area contributed by atoms with Gasteiger partial charge in [0.15, 0.2) is 0 Å². The van der Waals surface area contributed by atoms with Crippen LogP contribution in [0.25, 0.3) is 0 Å². The van der Waals surface area contributed by atoms with Crippen LogP contribution in [0.1, 0.15) is 25.8 Å². The van der Waals surface area contributed by atoms with Crippen molar-refractivity contribution in [3.63, 3.8) is 0 Å². The highest BCUT2D eigenvalue weighted by molar-refractivity contribution is 5.16. The third-order valence-corrected chi connectivity index (χ3v) is 1.99. The molecule has 13 heavy (non-hydrogen) atoms. The molecular weight excluding hydrogens is 164 g/mol. The predicted molar refractivity (Wildman–Crippen MR) is 53.0 cm³/mol. The van der Waals surface area contributed by atoms with Gasteiger partial charge in [-0.3, -0.25) is 0 Å². The molecule has 0 saturated heterocycles. The van der Waals surface area contributed by atoms with Crippen LogP contribution in [0.15, 0.2) is 12.4 Å². The minimum absolute atomic E-state index is 0.326. The van der Waals surface area contributed by atoms with Crippen molar-refractivity contribution in [3.05, 3.63) is 18.0 Å². The van der Waals surface area contributed by atoms with E-state index in [0.29, 0.717) is 12.0 Å². The van der Waals surface area contributed by atoms with Crippen LogP contribution in [0.4, 0.5) is 5.95 Å². The molecule has 0 aliphatic rings. The van der Waals surface area contributed by atoms with E-state index < -0.39 is 0 Å². The number of nitrogens with two attached hydrogens (primary N) is 1. The smallest absolute Gasteiger partial charge is 0.219 e. The first-order chi connectivity index (χ1) is 6.22. The lowest BCUT2D eigenvalue weighted by Gasteiger charge is -2.10. The normalized spacial score (nSPS) is 12.8. The number of nitrogen functional groups attached to an aromatic ring is 1. The van der Waals surface area contributed by atoms with Crippen LogP contribution >= 0.6 is 0 Å². The molecule has 1 atom stereocenters. The van der Waals surface area contributed by atoms with E-state index >= 15 is 0 Å². The average molecular weight is 180 g/mol. The van der Waals surface area contributed by atoms with Gasteiger partial charge in [0.2, 0.25) is 5.95 Å². The van der Waals surface area contributed by atoms with Crippen LogP contribution in [0, 0.1) is 0 Å². The highest BCUT2D eigenvalue weighted by Crippen LogP contribution is 1.97. The maximum Gasteiger partial charge on any atom is 0.219 e. The largest absolute Gasteiger partial charge is 0.368 e. The van der Waals surface area contributed by atoms with Gasteiger partial charge in [-0.25, -0.2) is 9.97 Å². The Morgan fingerprint density at radius 3 is 2.62 bits per heavy atom. The Bertz CT molecular complexity index is 244. The molecule has 0 radical (unpaired) electrons. The topological polar surface area (TPSA) is 63.8 Å². The van der Waals surface area contributed by atoms with Crippen LogP contribution in [0.2, 0.25) is 0 Å².